The van der Waals surface area contributed by atoms with Crippen LogP contribution < -0.4 is 10.6 Å². The summed E-state index contributed by atoms with van der Waals surface area (Å²) in [6.07, 6.45) is 1.12. The van der Waals surface area contributed by atoms with Crippen molar-refractivity contribution in [1.82, 2.24) is 0 Å². The fourth-order valence-corrected chi connectivity index (χ4v) is 3.14. The summed E-state index contributed by atoms with van der Waals surface area (Å²) < 4.78 is 1.03. The van der Waals surface area contributed by atoms with Crippen LogP contribution in [0.25, 0.3) is 0 Å². The second kappa shape index (κ2) is 4.89. The zero-order valence-corrected chi connectivity index (χ0v) is 12.5. The predicted molar refractivity (Wildman–Crippen MR) is 84.3 cm³/mol. The molecule has 1 unspecified atom stereocenters. The molecule has 1 atom stereocenters. The number of halogens is 1. The van der Waals surface area contributed by atoms with Gasteiger partial charge in [-0.05, 0) is 42.7 Å². The molecule has 0 radical (unpaired) electrons. The Labute approximate surface area is 122 Å². The van der Waals surface area contributed by atoms with E-state index in [-0.39, 0.29) is 0 Å². The van der Waals surface area contributed by atoms with Gasteiger partial charge in [0, 0.05) is 28.4 Å². The van der Waals surface area contributed by atoms with Crippen LogP contribution in [0.3, 0.4) is 0 Å². The number of nitrogen functional groups attached to an aromatic ring is 1. The molecule has 98 valence electrons. The highest BCUT2D eigenvalue weighted by molar-refractivity contribution is 9.10. The lowest BCUT2D eigenvalue weighted by Gasteiger charge is -2.25. The third kappa shape index (κ3) is 2.35. The molecule has 0 amide bonds. The Bertz CT molecular complexity index is 609. The summed E-state index contributed by atoms with van der Waals surface area (Å²) in [5, 5.41) is 0. The number of anilines is 2. The van der Waals surface area contributed by atoms with Crippen molar-refractivity contribution < 1.29 is 0 Å². The number of hydrogen-bond acceptors (Lipinski definition) is 2. The van der Waals surface area contributed by atoms with Crippen LogP contribution in [0.2, 0.25) is 0 Å². The molecule has 3 heteroatoms. The number of nitrogens with zero attached hydrogens (tertiary/aromatic N) is 1. The van der Waals surface area contributed by atoms with Crippen LogP contribution in [0.4, 0.5) is 11.4 Å². The number of rotatable bonds is 2. The summed E-state index contributed by atoms with van der Waals surface area (Å²) in [6, 6.07) is 15.3. The molecule has 1 heterocycles. The minimum atomic E-state index is 0.528. The van der Waals surface area contributed by atoms with Crippen LogP contribution in [0, 0.1) is 0 Å². The average Bonchev–Trinajstić information content (AvgIpc) is 2.69. The van der Waals surface area contributed by atoms with E-state index < -0.39 is 0 Å². The smallest absolute Gasteiger partial charge is 0.0453 e. The lowest BCUT2D eigenvalue weighted by atomic mass is 10.1. The van der Waals surface area contributed by atoms with Crippen LogP contribution in [0.5, 0.6) is 0 Å². The Morgan fingerprint density at radius 1 is 1.26 bits per heavy atom. The third-order valence-electron chi connectivity index (χ3n) is 3.80. The molecule has 2 N–H and O–H groups in total. The molecule has 19 heavy (non-hydrogen) atoms. The van der Waals surface area contributed by atoms with Crippen molar-refractivity contribution in [2.75, 3.05) is 10.6 Å². The van der Waals surface area contributed by atoms with Crippen LogP contribution in [-0.4, -0.2) is 6.04 Å². The lowest BCUT2D eigenvalue weighted by molar-refractivity contribution is 0.673. The standard InChI is InChI=1S/C16H17BrN2/c1-11-8-12-4-2-3-5-16(12)19(11)10-13-6-7-14(17)9-15(13)18/h2-7,9,11H,8,10,18H2,1H3. The first-order valence-electron chi connectivity index (χ1n) is 6.53. The topological polar surface area (TPSA) is 29.3 Å². The number of fused-ring (bicyclic) bond motifs is 1. The molecule has 0 saturated heterocycles. The molecule has 2 nitrogen and oxygen atoms in total. The molecular weight excluding hydrogens is 300 g/mol. The first-order valence-corrected chi connectivity index (χ1v) is 7.33. The summed E-state index contributed by atoms with van der Waals surface area (Å²) >= 11 is 3.45. The Hall–Kier alpha value is -1.48. The minimum absolute atomic E-state index is 0.528. The van der Waals surface area contributed by atoms with E-state index in [1.54, 1.807) is 0 Å². The van der Waals surface area contributed by atoms with Gasteiger partial charge in [-0.1, -0.05) is 40.2 Å². The van der Waals surface area contributed by atoms with Crippen molar-refractivity contribution in [3.05, 3.63) is 58.1 Å². The van der Waals surface area contributed by atoms with Gasteiger partial charge in [0.05, 0.1) is 0 Å². The van der Waals surface area contributed by atoms with Crippen molar-refractivity contribution in [2.45, 2.75) is 25.9 Å². The summed E-state index contributed by atoms with van der Waals surface area (Å²) in [4.78, 5) is 2.44. The maximum atomic E-state index is 6.11. The van der Waals surface area contributed by atoms with E-state index in [0.717, 1.165) is 23.1 Å². The Balaban J connectivity index is 1.91. The zero-order valence-electron chi connectivity index (χ0n) is 10.9. The van der Waals surface area contributed by atoms with Crippen molar-refractivity contribution in [3.63, 3.8) is 0 Å². The quantitative estimate of drug-likeness (QED) is 0.849. The molecule has 0 bridgehead atoms. The van der Waals surface area contributed by atoms with Gasteiger partial charge in [-0.2, -0.15) is 0 Å². The Kier molecular flexibility index (Phi) is 3.23. The van der Waals surface area contributed by atoms with Gasteiger partial charge >= 0.3 is 0 Å². The summed E-state index contributed by atoms with van der Waals surface area (Å²) in [7, 11) is 0. The van der Waals surface area contributed by atoms with E-state index in [1.165, 1.54) is 16.8 Å². The Morgan fingerprint density at radius 3 is 2.84 bits per heavy atom. The first-order chi connectivity index (χ1) is 9.15. The zero-order chi connectivity index (χ0) is 13.4. The Morgan fingerprint density at radius 2 is 2.05 bits per heavy atom. The van der Waals surface area contributed by atoms with Crippen molar-refractivity contribution in [3.8, 4) is 0 Å². The summed E-state index contributed by atoms with van der Waals surface area (Å²) in [5.41, 5.74) is 10.9. The SMILES string of the molecule is CC1Cc2ccccc2N1Cc1ccc(Br)cc1N. The molecule has 0 fully saturated rings. The van der Waals surface area contributed by atoms with Gasteiger partial charge in [0.25, 0.3) is 0 Å². The maximum absolute atomic E-state index is 6.11. The van der Waals surface area contributed by atoms with Crippen molar-refractivity contribution >= 4 is 27.3 Å². The minimum Gasteiger partial charge on any atom is -0.398 e. The molecule has 2 aromatic rings. The molecule has 3 rings (SSSR count). The van der Waals surface area contributed by atoms with Crippen LogP contribution >= 0.6 is 15.9 Å². The highest BCUT2D eigenvalue weighted by atomic mass is 79.9. The fourth-order valence-electron chi connectivity index (χ4n) is 2.76. The number of para-hydroxylation sites is 1. The molecule has 1 aliphatic heterocycles. The van der Waals surface area contributed by atoms with Gasteiger partial charge in [-0.15, -0.1) is 0 Å². The van der Waals surface area contributed by atoms with E-state index in [9.17, 15) is 0 Å². The van der Waals surface area contributed by atoms with E-state index in [0.29, 0.717) is 6.04 Å². The van der Waals surface area contributed by atoms with Crippen molar-refractivity contribution in [1.29, 1.82) is 0 Å². The fraction of sp³-hybridized carbons (Fsp3) is 0.250. The normalized spacial score (nSPS) is 17.6. The van der Waals surface area contributed by atoms with E-state index in [1.807, 2.05) is 6.07 Å². The van der Waals surface area contributed by atoms with Gasteiger partial charge < -0.3 is 10.6 Å². The van der Waals surface area contributed by atoms with Crippen LogP contribution in [0.1, 0.15) is 18.1 Å². The third-order valence-corrected chi connectivity index (χ3v) is 4.29. The van der Waals surface area contributed by atoms with E-state index in [2.05, 4.69) is 64.2 Å². The lowest BCUT2D eigenvalue weighted by Crippen LogP contribution is -2.28. The monoisotopic (exact) mass is 316 g/mol. The average molecular weight is 317 g/mol. The van der Waals surface area contributed by atoms with Gasteiger partial charge in [0.1, 0.15) is 0 Å². The van der Waals surface area contributed by atoms with Gasteiger partial charge in [0.15, 0.2) is 0 Å². The number of nitrogens with two attached hydrogens (primary N) is 1. The van der Waals surface area contributed by atoms with Gasteiger partial charge in [-0.3, -0.25) is 0 Å². The summed E-state index contributed by atoms with van der Waals surface area (Å²) in [5.74, 6) is 0. The largest absolute Gasteiger partial charge is 0.398 e. The maximum Gasteiger partial charge on any atom is 0.0453 e. The molecule has 0 aromatic heterocycles. The molecule has 0 aliphatic carbocycles. The highest BCUT2D eigenvalue weighted by Gasteiger charge is 2.25. The first kappa shape index (κ1) is 12.5. The van der Waals surface area contributed by atoms with Gasteiger partial charge in [0.2, 0.25) is 0 Å². The highest BCUT2D eigenvalue weighted by Crippen LogP contribution is 2.34. The molecule has 0 saturated carbocycles. The van der Waals surface area contributed by atoms with E-state index in [4.69, 9.17) is 5.73 Å². The van der Waals surface area contributed by atoms with Crippen molar-refractivity contribution in [2.24, 2.45) is 0 Å². The van der Waals surface area contributed by atoms with E-state index >= 15 is 0 Å². The number of hydrogen-bond donors (Lipinski definition) is 1. The number of benzene rings is 2. The predicted octanol–water partition coefficient (Wildman–Crippen LogP) is 3.98. The van der Waals surface area contributed by atoms with Crippen LogP contribution in [-0.2, 0) is 13.0 Å². The molecular formula is C16H17BrN2. The van der Waals surface area contributed by atoms with Gasteiger partial charge in [-0.25, -0.2) is 0 Å². The van der Waals surface area contributed by atoms with Crippen LogP contribution in [0.15, 0.2) is 46.9 Å². The summed E-state index contributed by atoms with van der Waals surface area (Å²) in [6.45, 7) is 3.15. The molecule has 0 spiro atoms. The second-order valence-corrected chi connectivity index (χ2v) is 6.07. The molecule has 2 aromatic carbocycles. The molecule has 1 aliphatic rings. The second-order valence-electron chi connectivity index (χ2n) is 5.15.